The Kier molecular flexibility index (Phi) is 5.53. The number of rotatable bonds is 6. The highest BCUT2D eigenvalue weighted by Crippen LogP contribution is 2.39. The van der Waals surface area contributed by atoms with Gasteiger partial charge in [0.25, 0.3) is 5.91 Å². The van der Waals surface area contributed by atoms with Crippen molar-refractivity contribution in [2.75, 3.05) is 11.9 Å². The first kappa shape index (κ1) is 22.4. The second-order valence-electron chi connectivity index (χ2n) is 9.75. The number of aryl methyl sites for hydroxylation is 1. The number of anilines is 2. The molecule has 1 aliphatic heterocycles. The van der Waals surface area contributed by atoms with Crippen LogP contribution in [0.1, 0.15) is 64.3 Å². The van der Waals surface area contributed by atoms with Gasteiger partial charge in [0.15, 0.2) is 5.82 Å². The predicted molar refractivity (Wildman–Crippen MR) is 138 cm³/mol. The lowest BCUT2D eigenvalue weighted by Gasteiger charge is -2.23. The van der Waals surface area contributed by atoms with Crippen LogP contribution in [-0.2, 0) is 6.61 Å². The van der Waals surface area contributed by atoms with Crippen LogP contribution in [0.25, 0.3) is 17.1 Å². The number of nitrogens with one attached hydrogen (secondary N) is 2. The molecule has 0 spiro atoms. The number of hydrogen-bond acceptors (Lipinski definition) is 6. The average molecular weight is 481 g/mol. The molecule has 1 amide bonds. The maximum Gasteiger partial charge on any atom is 0.251 e. The number of hydrogen-bond donors (Lipinski definition) is 3. The lowest BCUT2D eigenvalue weighted by molar-refractivity contribution is 0.0941. The first-order valence-corrected chi connectivity index (χ1v) is 12.3. The van der Waals surface area contributed by atoms with Gasteiger partial charge in [0.05, 0.1) is 18.6 Å². The summed E-state index contributed by atoms with van der Waals surface area (Å²) in [5.74, 6) is 1.90. The van der Waals surface area contributed by atoms with Crippen molar-refractivity contribution in [1.29, 1.82) is 0 Å². The summed E-state index contributed by atoms with van der Waals surface area (Å²) in [5.41, 5.74) is 7.34. The summed E-state index contributed by atoms with van der Waals surface area (Å²) in [6.07, 6.45) is 8.11. The highest BCUT2D eigenvalue weighted by atomic mass is 16.3. The van der Waals surface area contributed by atoms with Gasteiger partial charge in [-0.25, -0.2) is 15.0 Å². The molecule has 1 atom stereocenters. The van der Waals surface area contributed by atoms with Crippen LogP contribution in [-0.4, -0.2) is 37.1 Å². The number of imidazole rings is 1. The van der Waals surface area contributed by atoms with Crippen molar-refractivity contribution < 1.29 is 9.90 Å². The van der Waals surface area contributed by atoms with Gasteiger partial charge < -0.3 is 20.3 Å². The summed E-state index contributed by atoms with van der Waals surface area (Å²) >= 11 is 0. The number of carbonyl (C=O) groups excluding carboxylic acids is 1. The van der Waals surface area contributed by atoms with Crippen molar-refractivity contribution in [1.82, 2.24) is 24.8 Å². The normalized spacial score (nSPS) is 17.0. The summed E-state index contributed by atoms with van der Waals surface area (Å²) in [6.45, 7) is 4.59. The van der Waals surface area contributed by atoms with Gasteiger partial charge in [-0.05, 0) is 73.2 Å². The van der Waals surface area contributed by atoms with Gasteiger partial charge in [0.1, 0.15) is 5.82 Å². The number of amides is 1. The van der Waals surface area contributed by atoms with Crippen LogP contribution in [0.3, 0.4) is 0 Å². The molecule has 0 saturated heterocycles. The maximum atomic E-state index is 12.2. The molecule has 182 valence electrons. The van der Waals surface area contributed by atoms with E-state index in [2.05, 4.69) is 57.3 Å². The molecule has 1 aliphatic carbocycles. The van der Waals surface area contributed by atoms with E-state index >= 15 is 0 Å². The van der Waals surface area contributed by atoms with Gasteiger partial charge in [-0.3, -0.25) is 4.79 Å². The van der Waals surface area contributed by atoms with Crippen LogP contribution in [0.5, 0.6) is 0 Å². The molecule has 4 aromatic rings. The number of benzene rings is 2. The molecule has 3 N–H and O–H groups in total. The molecule has 3 heterocycles. The fraction of sp³-hybridized carbons (Fsp3) is 0.286. The maximum absolute atomic E-state index is 12.2. The molecule has 0 bridgehead atoms. The summed E-state index contributed by atoms with van der Waals surface area (Å²) in [6, 6.07) is 11.8. The SMILES string of the molecule is Cc1cc(-c2ncc(CO)c(Nc3ccc4c(c3)C(C)CNC4=O)n2)ccc1-n1cnc(C2CC2)c1. The Balaban J connectivity index is 1.30. The molecular weight excluding hydrogens is 452 g/mol. The van der Waals surface area contributed by atoms with Crippen molar-refractivity contribution in [2.45, 2.75) is 45.1 Å². The third kappa shape index (κ3) is 4.13. The summed E-state index contributed by atoms with van der Waals surface area (Å²) in [7, 11) is 0. The molecular formula is C28H28N6O2. The number of aliphatic hydroxyl groups excluding tert-OH is 1. The second-order valence-corrected chi connectivity index (χ2v) is 9.75. The predicted octanol–water partition coefficient (Wildman–Crippen LogP) is 4.60. The van der Waals surface area contributed by atoms with E-state index in [0.717, 1.165) is 33.8 Å². The fourth-order valence-electron chi connectivity index (χ4n) is 4.76. The zero-order chi connectivity index (χ0) is 24.8. The Bertz CT molecular complexity index is 1470. The molecule has 6 rings (SSSR count). The smallest absolute Gasteiger partial charge is 0.251 e. The van der Waals surface area contributed by atoms with E-state index in [-0.39, 0.29) is 18.4 Å². The van der Waals surface area contributed by atoms with Gasteiger partial charge in [0.2, 0.25) is 0 Å². The lowest BCUT2D eigenvalue weighted by atomic mass is 9.91. The lowest BCUT2D eigenvalue weighted by Crippen LogP contribution is -2.33. The zero-order valence-electron chi connectivity index (χ0n) is 20.3. The molecule has 2 aromatic heterocycles. The average Bonchev–Trinajstić information content (AvgIpc) is 3.63. The van der Waals surface area contributed by atoms with Crippen LogP contribution in [0.4, 0.5) is 11.5 Å². The minimum absolute atomic E-state index is 0.0479. The Morgan fingerprint density at radius 2 is 2.03 bits per heavy atom. The van der Waals surface area contributed by atoms with E-state index in [9.17, 15) is 9.90 Å². The Morgan fingerprint density at radius 1 is 1.17 bits per heavy atom. The molecule has 1 unspecified atom stereocenters. The number of aliphatic hydroxyl groups is 1. The molecule has 1 fully saturated rings. The standard InChI is InChI=1S/C28H28N6O2/c1-16-9-19(5-8-25(16)34-13-24(31-15-34)18-3-4-18)26-29-12-20(14-35)27(33-26)32-21-6-7-22-23(10-21)17(2)11-30-28(22)36/h5-10,12-13,15,17-18,35H,3-4,11,14H2,1-2H3,(H,30,36)(H,29,32,33). The van der Waals surface area contributed by atoms with Gasteiger partial charge in [-0.2, -0.15) is 0 Å². The third-order valence-corrected chi connectivity index (χ3v) is 7.02. The summed E-state index contributed by atoms with van der Waals surface area (Å²) < 4.78 is 2.08. The van der Waals surface area contributed by atoms with Gasteiger partial charge >= 0.3 is 0 Å². The van der Waals surface area contributed by atoms with Crippen LogP contribution < -0.4 is 10.6 Å². The molecule has 0 radical (unpaired) electrons. The van der Waals surface area contributed by atoms with E-state index in [0.29, 0.717) is 35.2 Å². The third-order valence-electron chi connectivity index (χ3n) is 7.02. The second kappa shape index (κ2) is 8.87. The number of fused-ring (bicyclic) bond motifs is 1. The van der Waals surface area contributed by atoms with Gasteiger partial charge in [-0.15, -0.1) is 0 Å². The highest BCUT2D eigenvalue weighted by Gasteiger charge is 2.26. The largest absolute Gasteiger partial charge is 0.391 e. The van der Waals surface area contributed by atoms with E-state index in [4.69, 9.17) is 4.98 Å². The van der Waals surface area contributed by atoms with Crippen LogP contribution in [0.15, 0.2) is 55.1 Å². The topological polar surface area (TPSA) is 105 Å². The van der Waals surface area contributed by atoms with Gasteiger partial charge in [0, 0.05) is 52.9 Å². The van der Waals surface area contributed by atoms with Crippen LogP contribution >= 0.6 is 0 Å². The molecule has 2 aromatic carbocycles. The first-order valence-electron chi connectivity index (χ1n) is 12.3. The zero-order valence-corrected chi connectivity index (χ0v) is 20.3. The summed E-state index contributed by atoms with van der Waals surface area (Å²) in [4.78, 5) is 26.0. The number of carbonyl (C=O) groups is 1. The Hall–Kier alpha value is -4.04. The van der Waals surface area contributed by atoms with Crippen LogP contribution in [0, 0.1) is 6.92 Å². The quantitative estimate of drug-likeness (QED) is 0.373. The van der Waals surface area contributed by atoms with E-state index in [1.165, 1.54) is 12.8 Å². The number of nitrogens with zero attached hydrogens (tertiary/aromatic N) is 4. The molecule has 2 aliphatic rings. The minimum Gasteiger partial charge on any atom is -0.391 e. The minimum atomic E-state index is -0.186. The fourth-order valence-corrected chi connectivity index (χ4v) is 4.76. The van der Waals surface area contributed by atoms with Crippen molar-refractivity contribution in [3.8, 4) is 17.1 Å². The highest BCUT2D eigenvalue weighted by molar-refractivity contribution is 5.97. The first-order chi connectivity index (χ1) is 17.5. The Morgan fingerprint density at radius 3 is 2.81 bits per heavy atom. The molecule has 1 saturated carbocycles. The summed E-state index contributed by atoms with van der Waals surface area (Å²) in [5, 5.41) is 16.1. The van der Waals surface area contributed by atoms with Crippen molar-refractivity contribution in [2.24, 2.45) is 0 Å². The molecule has 36 heavy (non-hydrogen) atoms. The van der Waals surface area contributed by atoms with Crippen molar-refractivity contribution in [3.63, 3.8) is 0 Å². The van der Waals surface area contributed by atoms with Gasteiger partial charge in [-0.1, -0.05) is 6.92 Å². The van der Waals surface area contributed by atoms with E-state index in [1.807, 2.05) is 30.6 Å². The van der Waals surface area contributed by atoms with Crippen molar-refractivity contribution in [3.05, 3.63) is 83.1 Å². The number of aromatic nitrogens is 4. The molecule has 8 nitrogen and oxygen atoms in total. The van der Waals surface area contributed by atoms with Crippen LogP contribution in [0.2, 0.25) is 0 Å². The molecule has 8 heteroatoms. The van der Waals surface area contributed by atoms with Crippen molar-refractivity contribution >= 4 is 17.4 Å². The van der Waals surface area contributed by atoms with E-state index < -0.39 is 0 Å². The van der Waals surface area contributed by atoms with E-state index in [1.54, 1.807) is 6.20 Å². The Labute approximate surface area is 209 Å². The monoisotopic (exact) mass is 480 g/mol.